The average molecular weight is 374 g/mol. The Balaban J connectivity index is 1.33. The van der Waals surface area contributed by atoms with Gasteiger partial charge in [0.05, 0.1) is 12.4 Å². The average Bonchev–Trinajstić information content (AvgIpc) is 3.24. The Morgan fingerprint density at radius 2 is 1.61 bits per heavy atom. The first-order chi connectivity index (χ1) is 13.8. The van der Waals surface area contributed by atoms with E-state index in [0.717, 1.165) is 18.6 Å². The van der Waals surface area contributed by atoms with Gasteiger partial charge in [0.2, 0.25) is 0 Å². The lowest BCUT2D eigenvalue weighted by Gasteiger charge is -2.12. The molecule has 1 aromatic heterocycles. The van der Waals surface area contributed by atoms with E-state index in [1.165, 1.54) is 19.0 Å². The van der Waals surface area contributed by atoms with Crippen LogP contribution >= 0.6 is 0 Å². The molecule has 1 saturated carbocycles. The lowest BCUT2D eigenvalue weighted by molar-refractivity contribution is 0.102. The molecule has 6 nitrogen and oxygen atoms in total. The van der Waals surface area contributed by atoms with Gasteiger partial charge in [0.15, 0.2) is 0 Å². The minimum Gasteiger partial charge on any atom is -0.457 e. The maximum Gasteiger partial charge on any atom is 0.275 e. The number of nitrogens with one attached hydrogen (secondary N) is 2. The summed E-state index contributed by atoms with van der Waals surface area (Å²) < 4.78 is 5.75. The first-order valence-corrected chi connectivity index (χ1v) is 9.49. The summed E-state index contributed by atoms with van der Waals surface area (Å²) in [5.41, 5.74) is 0.946. The minimum atomic E-state index is -0.295. The second kappa shape index (κ2) is 8.52. The number of hydrogen-bond donors (Lipinski definition) is 2. The molecule has 0 radical (unpaired) electrons. The van der Waals surface area contributed by atoms with Crippen molar-refractivity contribution in [1.29, 1.82) is 0 Å². The zero-order valence-electron chi connectivity index (χ0n) is 15.5. The molecule has 1 aliphatic carbocycles. The summed E-state index contributed by atoms with van der Waals surface area (Å²) in [5, 5.41) is 6.19. The number of para-hydroxylation sites is 1. The SMILES string of the molecule is O=C(Nc1ccc(Oc2ccccc2)cc1)c1cnc(NC2CCCC2)cn1. The maximum atomic E-state index is 12.4. The third-order valence-corrected chi connectivity index (χ3v) is 4.68. The van der Waals surface area contributed by atoms with E-state index < -0.39 is 0 Å². The van der Waals surface area contributed by atoms with Crippen LogP contribution in [-0.2, 0) is 0 Å². The normalized spacial score (nSPS) is 13.9. The van der Waals surface area contributed by atoms with Crippen molar-refractivity contribution >= 4 is 17.4 Å². The van der Waals surface area contributed by atoms with Crippen molar-refractivity contribution in [2.75, 3.05) is 10.6 Å². The van der Waals surface area contributed by atoms with Crippen molar-refractivity contribution < 1.29 is 9.53 Å². The van der Waals surface area contributed by atoms with Gasteiger partial charge < -0.3 is 15.4 Å². The Morgan fingerprint density at radius 1 is 0.893 bits per heavy atom. The molecule has 1 fully saturated rings. The number of aromatic nitrogens is 2. The van der Waals surface area contributed by atoms with Crippen LogP contribution in [0.15, 0.2) is 67.0 Å². The van der Waals surface area contributed by atoms with Crippen LogP contribution < -0.4 is 15.4 Å². The molecule has 0 spiro atoms. The first kappa shape index (κ1) is 18.0. The Hall–Kier alpha value is -3.41. The highest BCUT2D eigenvalue weighted by Gasteiger charge is 2.15. The molecule has 2 N–H and O–H groups in total. The van der Waals surface area contributed by atoms with Gasteiger partial charge in [-0.25, -0.2) is 9.97 Å². The highest BCUT2D eigenvalue weighted by atomic mass is 16.5. The Morgan fingerprint density at radius 3 is 2.29 bits per heavy atom. The highest BCUT2D eigenvalue weighted by Crippen LogP contribution is 2.23. The first-order valence-electron chi connectivity index (χ1n) is 9.49. The van der Waals surface area contributed by atoms with Crippen molar-refractivity contribution in [3.8, 4) is 11.5 Å². The molecular weight excluding hydrogens is 352 g/mol. The summed E-state index contributed by atoms with van der Waals surface area (Å²) in [6.45, 7) is 0. The molecule has 2 aromatic carbocycles. The summed E-state index contributed by atoms with van der Waals surface area (Å²) in [5.74, 6) is 1.88. The van der Waals surface area contributed by atoms with Gasteiger partial charge in [-0.3, -0.25) is 4.79 Å². The van der Waals surface area contributed by atoms with Crippen molar-refractivity contribution in [2.45, 2.75) is 31.7 Å². The second-order valence-corrected chi connectivity index (χ2v) is 6.81. The molecule has 1 heterocycles. The van der Waals surface area contributed by atoms with Gasteiger partial charge in [0, 0.05) is 11.7 Å². The summed E-state index contributed by atoms with van der Waals surface area (Å²) in [7, 11) is 0. The Labute approximate surface area is 164 Å². The molecule has 0 saturated heterocycles. The van der Waals surface area contributed by atoms with Crippen LogP contribution in [0.25, 0.3) is 0 Å². The predicted molar refractivity (Wildman–Crippen MR) is 109 cm³/mol. The largest absolute Gasteiger partial charge is 0.457 e. The summed E-state index contributed by atoms with van der Waals surface area (Å²) in [6.07, 6.45) is 7.94. The summed E-state index contributed by atoms with van der Waals surface area (Å²) >= 11 is 0. The van der Waals surface area contributed by atoms with E-state index in [4.69, 9.17) is 4.74 Å². The van der Waals surface area contributed by atoms with Crippen LogP contribution in [0.2, 0.25) is 0 Å². The maximum absolute atomic E-state index is 12.4. The lowest BCUT2D eigenvalue weighted by Crippen LogP contribution is -2.17. The van der Waals surface area contributed by atoms with E-state index in [0.29, 0.717) is 23.3 Å². The molecular formula is C22H22N4O2. The van der Waals surface area contributed by atoms with Crippen LogP contribution in [0, 0.1) is 0 Å². The van der Waals surface area contributed by atoms with Gasteiger partial charge in [-0.2, -0.15) is 0 Å². The second-order valence-electron chi connectivity index (χ2n) is 6.81. The molecule has 3 aromatic rings. The number of carbonyl (C=O) groups is 1. The quantitative estimate of drug-likeness (QED) is 0.643. The number of rotatable bonds is 6. The molecule has 0 bridgehead atoms. The fourth-order valence-corrected chi connectivity index (χ4v) is 3.23. The lowest BCUT2D eigenvalue weighted by atomic mass is 10.2. The predicted octanol–water partition coefficient (Wildman–Crippen LogP) is 4.88. The van der Waals surface area contributed by atoms with Crippen molar-refractivity contribution in [3.63, 3.8) is 0 Å². The van der Waals surface area contributed by atoms with Gasteiger partial charge in [0.1, 0.15) is 23.0 Å². The Kier molecular flexibility index (Phi) is 5.47. The van der Waals surface area contributed by atoms with E-state index in [1.54, 1.807) is 18.3 Å². The van der Waals surface area contributed by atoms with Crippen LogP contribution in [-0.4, -0.2) is 21.9 Å². The monoisotopic (exact) mass is 374 g/mol. The molecule has 142 valence electrons. The molecule has 1 amide bonds. The number of benzene rings is 2. The van der Waals surface area contributed by atoms with Gasteiger partial charge in [-0.15, -0.1) is 0 Å². The number of anilines is 2. The van der Waals surface area contributed by atoms with Crippen LogP contribution in [0.3, 0.4) is 0 Å². The standard InChI is InChI=1S/C22H22N4O2/c27-22(20-14-24-21(15-23-20)25-16-6-4-5-7-16)26-17-10-12-19(13-11-17)28-18-8-2-1-3-9-18/h1-3,8-16H,4-7H2,(H,24,25)(H,26,27). The third kappa shape index (κ3) is 4.65. The minimum absolute atomic E-state index is 0.279. The summed E-state index contributed by atoms with van der Waals surface area (Å²) in [6, 6.07) is 17.2. The van der Waals surface area contributed by atoms with Gasteiger partial charge in [0.25, 0.3) is 5.91 Å². The zero-order chi connectivity index (χ0) is 19.2. The van der Waals surface area contributed by atoms with E-state index in [2.05, 4.69) is 20.6 Å². The van der Waals surface area contributed by atoms with Crippen molar-refractivity contribution in [2.24, 2.45) is 0 Å². The van der Waals surface area contributed by atoms with E-state index in [9.17, 15) is 4.79 Å². The van der Waals surface area contributed by atoms with Crippen LogP contribution in [0.4, 0.5) is 11.5 Å². The molecule has 1 aliphatic rings. The van der Waals surface area contributed by atoms with E-state index in [-0.39, 0.29) is 11.6 Å². The topological polar surface area (TPSA) is 76.1 Å². The van der Waals surface area contributed by atoms with E-state index >= 15 is 0 Å². The van der Waals surface area contributed by atoms with Crippen LogP contribution in [0.5, 0.6) is 11.5 Å². The van der Waals surface area contributed by atoms with Gasteiger partial charge in [-0.05, 0) is 49.2 Å². The zero-order valence-corrected chi connectivity index (χ0v) is 15.5. The number of carbonyl (C=O) groups excluding carboxylic acids is 1. The third-order valence-electron chi connectivity index (χ3n) is 4.68. The fourth-order valence-electron chi connectivity index (χ4n) is 3.23. The number of hydrogen-bond acceptors (Lipinski definition) is 5. The summed E-state index contributed by atoms with van der Waals surface area (Å²) in [4.78, 5) is 20.9. The van der Waals surface area contributed by atoms with Crippen molar-refractivity contribution in [3.05, 3.63) is 72.7 Å². The van der Waals surface area contributed by atoms with Gasteiger partial charge >= 0.3 is 0 Å². The number of nitrogens with zero attached hydrogens (tertiary/aromatic N) is 2. The van der Waals surface area contributed by atoms with E-state index in [1.807, 2.05) is 42.5 Å². The van der Waals surface area contributed by atoms with Gasteiger partial charge in [-0.1, -0.05) is 31.0 Å². The number of amides is 1. The molecule has 0 atom stereocenters. The highest BCUT2D eigenvalue weighted by molar-refractivity contribution is 6.02. The number of ether oxygens (including phenoxy) is 1. The molecule has 0 aliphatic heterocycles. The fraction of sp³-hybridized carbons (Fsp3) is 0.227. The Bertz CT molecular complexity index is 906. The molecule has 28 heavy (non-hydrogen) atoms. The molecule has 4 rings (SSSR count). The molecule has 6 heteroatoms. The van der Waals surface area contributed by atoms with Crippen molar-refractivity contribution in [1.82, 2.24) is 9.97 Å². The molecule has 0 unspecified atom stereocenters. The van der Waals surface area contributed by atoms with Crippen LogP contribution in [0.1, 0.15) is 36.2 Å². The smallest absolute Gasteiger partial charge is 0.275 e.